The molecule has 0 bridgehead atoms. The van der Waals surface area contributed by atoms with Crippen LogP contribution in [0.4, 0.5) is 0 Å². The summed E-state index contributed by atoms with van der Waals surface area (Å²) in [6.45, 7) is 7.40. The summed E-state index contributed by atoms with van der Waals surface area (Å²) in [6.07, 6.45) is 0. The summed E-state index contributed by atoms with van der Waals surface area (Å²) in [5.74, 6) is -0.207. The first-order chi connectivity index (χ1) is 13.8. The van der Waals surface area contributed by atoms with Crippen LogP contribution in [-0.4, -0.2) is 47.2 Å². The number of hydrogen-bond acceptors (Lipinski definition) is 4. The summed E-state index contributed by atoms with van der Waals surface area (Å²) in [5, 5.41) is 2.81. The van der Waals surface area contributed by atoms with Gasteiger partial charge in [0.15, 0.2) is 0 Å². The number of furan rings is 1. The molecule has 7 heteroatoms. The highest BCUT2D eigenvalue weighted by molar-refractivity contribution is 6.35. The molecular formula is C22H27N3O4. The van der Waals surface area contributed by atoms with E-state index in [-0.39, 0.29) is 12.5 Å². The van der Waals surface area contributed by atoms with Crippen molar-refractivity contribution >= 4 is 17.7 Å². The van der Waals surface area contributed by atoms with Crippen LogP contribution in [0.3, 0.4) is 0 Å². The van der Waals surface area contributed by atoms with Crippen molar-refractivity contribution in [2.24, 2.45) is 5.92 Å². The maximum atomic E-state index is 12.5. The average Bonchev–Trinajstić information content (AvgIpc) is 3.12. The predicted molar refractivity (Wildman–Crippen MR) is 108 cm³/mol. The van der Waals surface area contributed by atoms with Crippen LogP contribution in [-0.2, 0) is 27.5 Å². The number of rotatable bonds is 7. The van der Waals surface area contributed by atoms with E-state index in [1.54, 1.807) is 11.8 Å². The molecule has 1 atom stereocenters. The Labute approximate surface area is 170 Å². The highest BCUT2D eigenvalue weighted by Gasteiger charge is 2.33. The van der Waals surface area contributed by atoms with E-state index in [9.17, 15) is 14.4 Å². The lowest BCUT2D eigenvalue weighted by Crippen LogP contribution is -2.55. The number of nitrogens with one attached hydrogen (secondary N) is 1. The van der Waals surface area contributed by atoms with Gasteiger partial charge in [0.2, 0.25) is 5.91 Å². The summed E-state index contributed by atoms with van der Waals surface area (Å²) < 4.78 is 5.43. The van der Waals surface area contributed by atoms with Crippen molar-refractivity contribution < 1.29 is 18.8 Å². The summed E-state index contributed by atoms with van der Waals surface area (Å²) in [6, 6.07) is 11.6. The fraction of sp³-hybridized carbons (Fsp3) is 0.409. The van der Waals surface area contributed by atoms with Gasteiger partial charge in [-0.05, 0) is 31.5 Å². The van der Waals surface area contributed by atoms with Crippen molar-refractivity contribution in [3.05, 3.63) is 59.0 Å². The van der Waals surface area contributed by atoms with Gasteiger partial charge in [0.1, 0.15) is 11.5 Å². The van der Waals surface area contributed by atoms with Crippen molar-refractivity contribution in [3.63, 3.8) is 0 Å². The molecule has 0 radical (unpaired) electrons. The van der Waals surface area contributed by atoms with Gasteiger partial charge in [-0.25, -0.2) is 0 Å². The smallest absolute Gasteiger partial charge is 0.312 e. The van der Waals surface area contributed by atoms with Crippen LogP contribution in [0.1, 0.15) is 29.6 Å². The Morgan fingerprint density at radius 1 is 1.03 bits per heavy atom. The van der Waals surface area contributed by atoms with Gasteiger partial charge in [-0.2, -0.15) is 0 Å². The minimum Gasteiger partial charge on any atom is -0.465 e. The second-order valence-corrected chi connectivity index (χ2v) is 7.59. The summed E-state index contributed by atoms with van der Waals surface area (Å²) in [4.78, 5) is 40.4. The van der Waals surface area contributed by atoms with Gasteiger partial charge in [0.05, 0.1) is 12.5 Å². The average molecular weight is 397 g/mol. The first-order valence-electron chi connectivity index (χ1n) is 9.80. The lowest BCUT2D eigenvalue weighted by atomic mass is 10.1. The molecule has 0 spiro atoms. The standard InChI is InChI=1S/C22H27N3O4/c1-15-4-7-18(8-5-15)14-25-11-10-24(21(27)22(25)28)13-16(2)20(26)23-12-19-9-6-17(3)29-19/h4-9,16H,10-14H2,1-3H3,(H,23,26)/t16-/m1/s1. The van der Waals surface area contributed by atoms with Crippen molar-refractivity contribution in [2.45, 2.75) is 33.9 Å². The fourth-order valence-electron chi connectivity index (χ4n) is 3.30. The molecule has 1 aliphatic rings. The van der Waals surface area contributed by atoms with E-state index in [1.807, 2.05) is 50.2 Å². The van der Waals surface area contributed by atoms with Crippen LogP contribution in [0.5, 0.6) is 0 Å². The molecule has 1 N–H and O–H groups in total. The quantitative estimate of drug-likeness (QED) is 0.725. The summed E-state index contributed by atoms with van der Waals surface area (Å²) in [5.41, 5.74) is 2.14. The van der Waals surface area contributed by atoms with Crippen LogP contribution >= 0.6 is 0 Å². The molecule has 154 valence electrons. The molecule has 1 aromatic carbocycles. The van der Waals surface area contributed by atoms with Crippen LogP contribution in [0, 0.1) is 19.8 Å². The van der Waals surface area contributed by atoms with Gasteiger partial charge < -0.3 is 19.5 Å². The molecule has 1 aromatic heterocycles. The number of piperazine rings is 1. The number of amides is 3. The van der Waals surface area contributed by atoms with Gasteiger partial charge in [-0.1, -0.05) is 36.8 Å². The van der Waals surface area contributed by atoms with Gasteiger partial charge in [-0.3, -0.25) is 14.4 Å². The third-order valence-corrected chi connectivity index (χ3v) is 5.07. The van der Waals surface area contributed by atoms with E-state index >= 15 is 0 Å². The molecule has 2 aromatic rings. The minimum absolute atomic E-state index is 0.179. The molecule has 0 aliphatic carbocycles. The fourth-order valence-corrected chi connectivity index (χ4v) is 3.30. The predicted octanol–water partition coefficient (Wildman–Crippen LogP) is 2.02. The lowest BCUT2D eigenvalue weighted by molar-refractivity contribution is -0.157. The van der Waals surface area contributed by atoms with Crippen molar-refractivity contribution in [2.75, 3.05) is 19.6 Å². The largest absolute Gasteiger partial charge is 0.465 e. The zero-order chi connectivity index (χ0) is 21.0. The highest BCUT2D eigenvalue weighted by Crippen LogP contribution is 2.13. The number of hydrogen-bond donors (Lipinski definition) is 1. The Balaban J connectivity index is 1.50. The number of aryl methyl sites for hydroxylation is 2. The molecule has 1 aliphatic heterocycles. The Kier molecular flexibility index (Phi) is 6.36. The van der Waals surface area contributed by atoms with Crippen molar-refractivity contribution in [3.8, 4) is 0 Å². The Morgan fingerprint density at radius 3 is 2.34 bits per heavy atom. The molecule has 0 saturated carbocycles. The third kappa shape index (κ3) is 5.25. The normalized spacial score (nSPS) is 15.6. The molecule has 29 heavy (non-hydrogen) atoms. The van der Waals surface area contributed by atoms with Gasteiger partial charge in [0.25, 0.3) is 0 Å². The molecular weight excluding hydrogens is 370 g/mol. The van der Waals surface area contributed by atoms with Crippen LogP contribution in [0.25, 0.3) is 0 Å². The molecule has 1 saturated heterocycles. The van der Waals surface area contributed by atoms with Gasteiger partial charge in [-0.15, -0.1) is 0 Å². The van der Waals surface area contributed by atoms with Gasteiger partial charge in [0, 0.05) is 26.2 Å². The van der Waals surface area contributed by atoms with Crippen LogP contribution in [0.2, 0.25) is 0 Å². The van der Waals surface area contributed by atoms with E-state index in [0.29, 0.717) is 31.9 Å². The second kappa shape index (κ2) is 8.94. The third-order valence-electron chi connectivity index (χ3n) is 5.07. The van der Waals surface area contributed by atoms with E-state index in [1.165, 1.54) is 4.90 Å². The van der Waals surface area contributed by atoms with E-state index in [0.717, 1.165) is 16.9 Å². The zero-order valence-corrected chi connectivity index (χ0v) is 17.1. The summed E-state index contributed by atoms with van der Waals surface area (Å²) >= 11 is 0. The molecule has 3 amide bonds. The monoisotopic (exact) mass is 397 g/mol. The molecule has 3 rings (SSSR count). The SMILES string of the molecule is Cc1ccc(CN2CCN(C[C@@H](C)C(=O)NCc3ccc(C)o3)C(=O)C2=O)cc1. The number of carbonyl (C=O) groups is 3. The first-order valence-corrected chi connectivity index (χ1v) is 9.80. The van der Waals surface area contributed by atoms with Crippen molar-refractivity contribution in [1.29, 1.82) is 0 Å². The number of benzene rings is 1. The van der Waals surface area contributed by atoms with Gasteiger partial charge >= 0.3 is 11.8 Å². The van der Waals surface area contributed by atoms with E-state index < -0.39 is 17.7 Å². The zero-order valence-electron chi connectivity index (χ0n) is 17.1. The first kappa shape index (κ1) is 20.6. The Hall–Kier alpha value is -3.09. The van der Waals surface area contributed by atoms with Crippen molar-refractivity contribution in [1.82, 2.24) is 15.1 Å². The maximum Gasteiger partial charge on any atom is 0.312 e. The topological polar surface area (TPSA) is 82.9 Å². The molecule has 7 nitrogen and oxygen atoms in total. The maximum absolute atomic E-state index is 12.5. The molecule has 1 fully saturated rings. The number of carbonyl (C=O) groups excluding carboxylic acids is 3. The second-order valence-electron chi connectivity index (χ2n) is 7.59. The van der Waals surface area contributed by atoms with Crippen LogP contribution < -0.4 is 5.32 Å². The molecule has 2 heterocycles. The Bertz CT molecular complexity index is 888. The molecule has 0 unspecified atom stereocenters. The van der Waals surface area contributed by atoms with E-state index in [2.05, 4.69) is 5.32 Å². The number of nitrogens with zero attached hydrogens (tertiary/aromatic N) is 2. The Morgan fingerprint density at radius 2 is 1.69 bits per heavy atom. The lowest BCUT2D eigenvalue weighted by Gasteiger charge is -2.34. The van der Waals surface area contributed by atoms with E-state index in [4.69, 9.17) is 4.42 Å². The van der Waals surface area contributed by atoms with Crippen LogP contribution in [0.15, 0.2) is 40.8 Å². The minimum atomic E-state index is -0.551. The summed E-state index contributed by atoms with van der Waals surface area (Å²) in [7, 11) is 0. The highest BCUT2D eigenvalue weighted by atomic mass is 16.3.